The zero-order valence-corrected chi connectivity index (χ0v) is 11.0. The van der Waals surface area contributed by atoms with Crippen molar-refractivity contribution < 1.29 is 4.79 Å². The van der Waals surface area contributed by atoms with Gasteiger partial charge in [0.15, 0.2) is 5.78 Å². The van der Waals surface area contributed by atoms with Crippen molar-refractivity contribution in [1.29, 1.82) is 0 Å². The Morgan fingerprint density at radius 1 is 1.15 bits per heavy atom. The summed E-state index contributed by atoms with van der Waals surface area (Å²) in [6, 6.07) is 7.47. The Morgan fingerprint density at radius 2 is 2.10 bits per heavy atom. The molecule has 102 valence electrons. The highest BCUT2D eigenvalue weighted by atomic mass is 16.1. The van der Waals surface area contributed by atoms with E-state index in [0.29, 0.717) is 18.8 Å². The molecule has 0 bridgehead atoms. The molecule has 1 saturated heterocycles. The van der Waals surface area contributed by atoms with Gasteiger partial charge >= 0.3 is 0 Å². The summed E-state index contributed by atoms with van der Waals surface area (Å²) in [5.74, 6) is 2.43. The van der Waals surface area contributed by atoms with Crippen LogP contribution in [-0.4, -0.2) is 33.8 Å². The van der Waals surface area contributed by atoms with E-state index in [-0.39, 0.29) is 5.78 Å². The van der Waals surface area contributed by atoms with E-state index >= 15 is 0 Å². The van der Waals surface area contributed by atoms with Gasteiger partial charge in [0.25, 0.3) is 0 Å². The average Bonchev–Trinajstić information content (AvgIpc) is 2.49. The molecule has 6 heteroatoms. The number of Topliss-reactive ketones (excluding diaryl/α,β-unsaturated/α-hetero) is 1. The van der Waals surface area contributed by atoms with Crippen LogP contribution >= 0.6 is 0 Å². The van der Waals surface area contributed by atoms with Crippen LogP contribution in [0.5, 0.6) is 0 Å². The Bertz CT molecular complexity index is 602. The van der Waals surface area contributed by atoms with E-state index in [1.165, 1.54) is 6.33 Å². The van der Waals surface area contributed by atoms with Crippen LogP contribution in [0.1, 0.15) is 12.8 Å². The minimum Gasteiger partial charge on any atom is -0.349 e. The number of carbonyl (C=O) groups excluding carboxylic acids is 1. The topological polar surface area (TPSA) is 71.0 Å². The van der Waals surface area contributed by atoms with E-state index < -0.39 is 0 Å². The number of piperidine rings is 1. The highest BCUT2D eigenvalue weighted by molar-refractivity contribution is 5.84. The maximum absolute atomic E-state index is 11.5. The fourth-order valence-electron chi connectivity index (χ4n) is 2.19. The molecule has 1 N–H and O–H groups in total. The van der Waals surface area contributed by atoms with Gasteiger partial charge in [-0.15, -0.1) is 0 Å². The third kappa shape index (κ3) is 2.90. The van der Waals surface area contributed by atoms with Gasteiger partial charge in [-0.2, -0.15) is 0 Å². The van der Waals surface area contributed by atoms with Crippen molar-refractivity contribution in [3.8, 4) is 0 Å². The minimum absolute atomic E-state index is 0.258. The molecule has 2 aromatic heterocycles. The second-order valence-electron chi connectivity index (χ2n) is 4.67. The Kier molecular flexibility index (Phi) is 3.54. The molecular formula is C14H15N5O. The number of pyridine rings is 1. The van der Waals surface area contributed by atoms with Crippen LogP contribution in [0.25, 0.3) is 0 Å². The van der Waals surface area contributed by atoms with Crippen molar-refractivity contribution >= 4 is 23.2 Å². The smallest absolute Gasteiger partial charge is 0.152 e. The van der Waals surface area contributed by atoms with Crippen LogP contribution in [0.15, 0.2) is 36.8 Å². The summed E-state index contributed by atoms with van der Waals surface area (Å²) in [7, 11) is 0. The maximum Gasteiger partial charge on any atom is 0.152 e. The highest BCUT2D eigenvalue weighted by Gasteiger charge is 2.18. The number of rotatable bonds is 3. The normalized spacial score (nSPS) is 15.2. The molecule has 3 heterocycles. The number of nitrogens with zero attached hydrogens (tertiary/aromatic N) is 4. The quantitative estimate of drug-likeness (QED) is 0.916. The summed E-state index contributed by atoms with van der Waals surface area (Å²) < 4.78 is 0. The molecule has 1 aliphatic rings. The monoisotopic (exact) mass is 269 g/mol. The van der Waals surface area contributed by atoms with Crippen LogP contribution < -0.4 is 10.2 Å². The second kappa shape index (κ2) is 5.64. The summed E-state index contributed by atoms with van der Waals surface area (Å²) in [6.45, 7) is 1.28. The molecule has 6 nitrogen and oxygen atoms in total. The summed E-state index contributed by atoms with van der Waals surface area (Å²) in [5, 5.41) is 3.12. The third-order valence-corrected chi connectivity index (χ3v) is 3.15. The first kappa shape index (κ1) is 12.5. The van der Waals surface area contributed by atoms with Crippen LogP contribution in [0.2, 0.25) is 0 Å². The predicted octanol–water partition coefficient (Wildman–Crippen LogP) is 1.78. The van der Waals surface area contributed by atoms with Gasteiger partial charge in [-0.05, 0) is 18.6 Å². The maximum atomic E-state index is 11.5. The third-order valence-electron chi connectivity index (χ3n) is 3.15. The fourth-order valence-corrected chi connectivity index (χ4v) is 2.19. The zero-order chi connectivity index (χ0) is 13.8. The van der Waals surface area contributed by atoms with Gasteiger partial charge in [-0.3, -0.25) is 4.79 Å². The summed E-state index contributed by atoms with van der Waals surface area (Å²) in [5.41, 5.74) is 0. The molecule has 0 radical (unpaired) electrons. The first-order valence-corrected chi connectivity index (χ1v) is 6.58. The summed E-state index contributed by atoms with van der Waals surface area (Å²) >= 11 is 0. The van der Waals surface area contributed by atoms with Crippen molar-refractivity contribution in [2.24, 2.45) is 0 Å². The van der Waals surface area contributed by atoms with Gasteiger partial charge < -0.3 is 10.2 Å². The van der Waals surface area contributed by atoms with Crippen molar-refractivity contribution in [1.82, 2.24) is 15.0 Å². The van der Waals surface area contributed by atoms with Gasteiger partial charge in [0.2, 0.25) is 0 Å². The van der Waals surface area contributed by atoms with Crippen molar-refractivity contribution in [3.05, 3.63) is 36.8 Å². The molecule has 1 fully saturated rings. The Hall–Kier alpha value is -2.50. The van der Waals surface area contributed by atoms with Crippen LogP contribution in [0.3, 0.4) is 0 Å². The predicted molar refractivity (Wildman–Crippen MR) is 76.0 cm³/mol. The van der Waals surface area contributed by atoms with Gasteiger partial charge in [0.05, 0.1) is 6.54 Å². The number of hydrogen-bond donors (Lipinski definition) is 1. The van der Waals surface area contributed by atoms with Gasteiger partial charge in [0, 0.05) is 25.2 Å². The van der Waals surface area contributed by atoms with E-state index in [1.54, 1.807) is 6.20 Å². The van der Waals surface area contributed by atoms with E-state index in [1.807, 2.05) is 29.2 Å². The molecule has 20 heavy (non-hydrogen) atoms. The molecule has 2 aromatic rings. The lowest BCUT2D eigenvalue weighted by Gasteiger charge is -2.26. The average molecular weight is 269 g/mol. The second-order valence-corrected chi connectivity index (χ2v) is 4.67. The number of aromatic nitrogens is 3. The first-order valence-electron chi connectivity index (χ1n) is 6.58. The fraction of sp³-hybridized carbons (Fsp3) is 0.286. The Balaban J connectivity index is 1.77. The largest absolute Gasteiger partial charge is 0.349 e. The van der Waals surface area contributed by atoms with Gasteiger partial charge in [-0.25, -0.2) is 15.0 Å². The Morgan fingerprint density at radius 3 is 2.90 bits per heavy atom. The van der Waals surface area contributed by atoms with Gasteiger partial charge in [-0.1, -0.05) is 6.07 Å². The van der Waals surface area contributed by atoms with Crippen LogP contribution in [0.4, 0.5) is 17.5 Å². The minimum atomic E-state index is 0.258. The van der Waals surface area contributed by atoms with Gasteiger partial charge in [0.1, 0.15) is 23.8 Å². The SMILES string of the molecule is O=C1CCCN(c2cc(Nc3ccccn3)ncn2)C1. The first-order chi connectivity index (χ1) is 9.81. The molecule has 0 amide bonds. The Labute approximate surface area is 116 Å². The van der Waals surface area contributed by atoms with E-state index in [0.717, 1.165) is 24.6 Å². The number of ketones is 1. The lowest BCUT2D eigenvalue weighted by atomic mass is 10.1. The number of anilines is 3. The highest BCUT2D eigenvalue weighted by Crippen LogP contribution is 2.19. The van der Waals surface area contributed by atoms with Crippen LogP contribution in [0, 0.1) is 0 Å². The van der Waals surface area contributed by atoms with Crippen molar-refractivity contribution in [2.45, 2.75) is 12.8 Å². The summed E-state index contributed by atoms with van der Waals surface area (Å²) in [4.78, 5) is 26.1. The number of nitrogens with one attached hydrogen (secondary N) is 1. The van der Waals surface area contributed by atoms with E-state index in [4.69, 9.17) is 0 Å². The molecule has 3 rings (SSSR count). The van der Waals surface area contributed by atoms with Crippen LogP contribution in [-0.2, 0) is 4.79 Å². The molecule has 0 spiro atoms. The standard InChI is InChI=1S/C14H15N5O/c20-11-4-3-7-19(9-11)14-8-13(16-10-17-14)18-12-5-1-2-6-15-12/h1-2,5-6,8,10H,3-4,7,9H2,(H,15,16,17,18). The van der Waals surface area contributed by atoms with E-state index in [9.17, 15) is 4.79 Å². The molecule has 1 aliphatic heterocycles. The molecule has 0 aliphatic carbocycles. The van der Waals surface area contributed by atoms with Crippen molar-refractivity contribution in [3.63, 3.8) is 0 Å². The van der Waals surface area contributed by atoms with Crippen molar-refractivity contribution in [2.75, 3.05) is 23.3 Å². The molecular weight excluding hydrogens is 254 g/mol. The summed E-state index contributed by atoms with van der Waals surface area (Å²) in [6.07, 6.45) is 4.76. The number of carbonyl (C=O) groups is 1. The number of hydrogen-bond acceptors (Lipinski definition) is 6. The zero-order valence-electron chi connectivity index (χ0n) is 11.0. The molecule has 0 saturated carbocycles. The lowest BCUT2D eigenvalue weighted by Crippen LogP contribution is -2.36. The molecule has 0 atom stereocenters. The van der Waals surface area contributed by atoms with E-state index in [2.05, 4.69) is 20.3 Å². The molecule has 0 unspecified atom stereocenters. The lowest BCUT2D eigenvalue weighted by molar-refractivity contribution is -0.118. The molecule has 0 aromatic carbocycles.